The number of aromatic amines is 1. The topological polar surface area (TPSA) is 242 Å². The zero-order valence-corrected chi connectivity index (χ0v) is 33.3. The summed E-state index contributed by atoms with van der Waals surface area (Å²) in [6.07, 6.45) is 0.880. The lowest BCUT2D eigenvalue weighted by Crippen LogP contribution is -2.56. The summed E-state index contributed by atoms with van der Waals surface area (Å²) < 4.78 is 0. The summed E-state index contributed by atoms with van der Waals surface area (Å²) >= 11 is 1.36. The molecule has 57 heavy (non-hydrogen) atoms. The van der Waals surface area contributed by atoms with Gasteiger partial charge < -0.3 is 37.1 Å². The largest absolute Gasteiger partial charge is 0.481 e. The Morgan fingerprint density at radius 1 is 0.877 bits per heavy atom. The first kappa shape index (κ1) is 42.6. The van der Waals surface area contributed by atoms with Crippen LogP contribution in [0.25, 0.3) is 10.9 Å². The van der Waals surface area contributed by atoms with Crippen LogP contribution in [0, 0.1) is 17.8 Å². The zero-order valence-electron chi connectivity index (χ0n) is 32.5. The number of aliphatic carboxylic acids is 1. The number of aliphatic imine (C=N–C) groups is 1. The molecule has 15 nitrogen and oxygen atoms in total. The lowest BCUT2D eigenvalue weighted by molar-refractivity contribution is -0.138. The number of carboxylic acids is 1. The Kier molecular flexibility index (Phi) is 14.3. The van der Waals surface area contributed by atoms with Crippen LogP contribution in [0.5, 0.6) is 0 Å². The molecule has 5 amide bonds. The van der Waals surface area contributed by atoms with Gasteiger partial charge in [0.1, 0.15) is 24.2 Å². The van der Waals surface area contributed by atoms with Gasteiger partial charge in [0.15, 0.2) is 5.78 Å². The summed E-state index contributed by atoms with van der Waals surface area (Å²) in [4.78, 5) is 102. The number of para-hydroxylation sites is 1. The molecule has 5 rings (SSSR count). The molecule has 0 aliphatic carbocycles. The van der Waals surface area contributed by atoms with Gasteiger partial charge in [-0.15, -0.1) is 11.8 Å². The number of hydrogen-bond donors (Lipinski definition) is 7. The van der Waals surface area contributed by atoms with Crippen molar-refractivity contribution in [2.75, 3.05) is 5.75 Å². The van der Waals surface area contributed by atoms with Crippen LogP contribution >= 0.6 is 11.8 Å². The van der Waals surface area contributed by atoms with Crippen LogP contribution in [0.1, 0.15) is 70.1 Å². The number of hydrogen-bond acceptors (Lipinski definition) is 9. The number of amides is 5. The highest BCUT2D eigenvalue weighted by Crippen LogP contribution is 2.26. The van der Waals surface area contributed by atoms with Crippen molar-refractivity contribution in [3.8, 4) is 0 Å². The number of carbonyl (C=O) groups excluding carboxylic acids is 6. The van der Waals surface area contributed by atoms with Gasteiger partial charge in [-0.3, -0.25) is 38.6 Å². The summed E-state index contributed by atoms with van der Waals surface area (Å²) in [5.74, 6) is -6.14. The van der Waals surface area contributed by atoms with E-state index in [0.29, 0.717) is 21.9 Å². The van der Waals surface area contributed by atoms with Crippen molar-refractivity contribution < 1.29 is 38.7 Å². The van der Waals surface area contributed by atoms with Crippen molar-refractivity contribution in [1.29, 1.82) is 0 Å². The standard InChI is InChI=1S/C41H51N7O8S/c1-21(2)14-30-33(49)18-25(17-26-19-43-28-11-6-5-10-27(26)28)37(53)44-29(12-13-34(50)51)38(54)46-31(36(42)52)16-23-8-7-9-24(15-23)41-47-32(20-57-41)39(55)48-35(22(3)4)40(56)45-30/h5-11,15,19,21-22,25,29-32,35,43H,12-14,16-18,20H2,1-4H3,(H2,42,52)(H,44,53)(H,45,56)(H,46,54)(H,48,55)(H,50,51)/t25-,29+,30-,31-,32-,35+/m0/s1. The molecule has 304 valence electrons. The first-order chi connectivity index (χ1) is 27.1. The maximum atomic E-state index is 14.3. The van der Waals surface area contributed by atoms with Crippen molar-refractivity contribution >= 4 is 69.0 Å². The Hall–Kier alpha value is -5.51. The molecule has 0 spiro atoms. The van der Waals surface area contributed by atoms with Gasteiger partial charge in [-0.25, -0.2) is 0 Å². The minimum Gasteiger partial charge on any atom is -0.481 e. The maximum Gasteiger partial charge on any atom is 0.303 e. The molecule has 3 heterocycles. The third-order valence-electron chi connectivity index (χ3n) is 10.1. The van der Waals surface area contributed by atoms with E-state index in [9.17, 15) is 38.7 Å². The number of aromatic nitrogens is 1. The minimum atomic E-state index is -1.40. The molecule has 16 heteroatoms. The number of H-pyrrole nitrogens is 1. The van der Waals surface area contributed by atoms with E-state index < -0.39 is 83.8 Å². The third-order valence-corrected chi connectivity index (χ3v) is 11.2. The fraction of sp³-hybridized carbons (Fsp3) is 0.463. The monoisotopic (exact) mass is 801 g/mol. The number of rotatable bonds is 9. The highest BCUT2D eigenvalue weighted by Gasteiger charge is 2.36. The minimum absolute atomic E-state index is 0.0313. The van der Waals surface area contributed by atoms with E-state index in [-0.39, 0.29) is 43.9 Å². The second kappa shape index (κ2) is 19.1. The fourth-order valence-electron chi connectivity index (χ4n) is 7.05. The summed E-state index contributed by atoms with van der Waals surface area (Å²) in [5.41, 5.74) is 8.58. The Labute approximate surface area is 335 Å². The number of carbonyl (C=O) groups is 7. The lowest BCUT2D eigenvalue weighted by Gasteiger charge is -2.28. The van der Waals surface area contributed by atoms with Crippen molar-refractivity contribution in [3.63, 3.8) is 0 Å². The van der Waals surface area contributed by atoms with Crippen molar-refractivity contribution in [2.45, 2.75) is 96.4 Å². The number of Topliss-reactive ketones (excluding diaryl/α,β-unsaturated/α-hetero) is 1. The van der Waals surface area contributed by atoms with Gasteiger partial charge >= 0.3 is 5.97 Å². The summed E-state index contributed by atoms with van der Waals surface area (Å²) in [6.45, 7) is 7.37. The molecule has 1 aromatic heterocycles. The molecular weight excluding hydrogens is 751 g/mol. The highest BCUT2D eigenvalue weighted by molar-refractivity contribution is 8.14. The Morgan fingerprint density at radius 3 is 2.32 bits per heavy atom. The molecule has 0 radical (unpaired) electrons. The Balaban J connectivity index is 1.55. The summed E-state index contributed by atoms with van der Waals surface area (Å²) in [6, 6.07) is 9.06. The van der Waals surface area contributed by atoms with Gasteiger partial charge in [0.25, 0.3) is 0 Å². The van der Waals surface area contributed by atoms with Crippen LogP contribution in [-0.2, 0) is 46.4 Å². The van der Waals surface area contributed by atoms with Crippen LogP contribution in [0.15, 0.2) is 59.7 Å². The number of thioether (sulfide) groups is 1. The number of nitrogens with one attached hydrogen (secondary N) is 5. The van der Waals surface area contributed by atoms with E-state index in [0.717, 1.165) is 16.5 Å². The molecule has 0 saturated carbocycles. The number of nitrogens with two attached hydrogens (primary N) is 1. The Morgan fingerprint density at radius 2 is 1.61 bits per heavy atom. The fourth-order valence-corrected chi connectivity index (χ4v) is 8.09. The van der Waals surface area contributed by atoms with E-state index in [2.05, 4.69) is 31.2 Å². The number of carboxylic acid groups (broad SMARTS) is 1. The quantitative estimate of drug-likeness (QED) is 0.168. The third kappa shape index (κ3) is 11.3. The lowest BCUT2D eigenvalue weighted by atomic mass is 9.88. The second-order valence-electron chi connectivity index (χ2n) is 15.5. The van der Waals surface area contributed by atoms with E-state index >= 15 is 0 Å². The maximum absolute atomic E-state index is 14.3. The number of nitrogens with zero attached hydrogens (tertiary/aromatic N) is 1. The SMILES string of the molecule is CC(C)C[C@@H]1NC(=O)[C@@H](C(C)C)NC(=O)[C@@H]2CSC(=N2)c2cccc(c2)C[C@@H](C(N)=O)NC(=O)[C@@H](CCC(=O)O)NC(=O)[C@@H](Cc2c[nH]c3ccccc23)CC1=O. The van der Waals surface area contributed by atoms with Crippen molar-refractivity contribution in [2.24, 2.45) is 28.5 Å². The van der Waals surface area contributed by atoms with E-state index in [1.54, 1.807) is 44.3 Å². The smallest absolute Gasteiger partial charge is 0.303 e. The summed E-state index contributed by atoms with van der Waals surface area (Å²) in [5, 5.41) is 21.9. The van der Waals surface area contributed by atoms with E-state index in [4.69, 9.17) is 5.73 Å². The predicted molar refractivity (Wildman–Crippen MR) is 216 cm³/mol. The molecule has 0 fully saturated rings. The van der Waals surface area contributed by atoms with E-state index in [1.807, 2.05) is 38.1 Å². The van der Waals surface area contributed by atoms with Gasteiger partial charge in [-0.1, -0.05) is 64.1 Å². The van der Waals surface area contributed by atoms with Gasteiger partial charge in [0.2, 0.25) is 29.5 Å². The number of benzene rings is 2. The first-order valence-electron chi connectivity index (χ1n) is 19.2. The molecule has 3 aromatic rings. The van der Waals surface area contributed by atoms with Crippen LogP contribution in [0.4, 0.5) is 0 Å². The second-order valence-corrected chi connectivity index (χ2v) is 16.5. The van der Waals surface area contributed by atoms with Gasteiger partial charge in [0.05, 0.1) is 11.1 Å². The van der Waals surface area contributed by atoms with Crippen LogP contribution in [0.3, 0.4) is 0 Å². The van der Waals surface area contributed by atoms with E-state index in [1.165, 1.54) is 11.8 Å². The molecule has 2 aliphatic heterocycles. The van der Waals surface area contributed by atoms with Crippen molar-refractivity contribution in [1.82, 2.24) is 26.3 Å². The normalized spacial score (nSPS) is 24.2. The van der Waals surface area contributed by atoms with Crippen molar-refractivity contribution in [3.05, 3.63) is 71.4 Å². The Bertz CT molecular complexity index is 2050. The van der Waals surface area contributed by atoms with Crippen LogP contribution in [0.2, 0.25) is 0 Å². The van der Waals surface area contributed by atoms with Crippen LogP contribution < -0.4 is 27.0 Å². The highest BCUT2D eigenvalue weighted by atomic mass is 32.2. The number of ketones is 1. The average Bonchev–Trinajstić information content (AvgIpc) is 3.82. The molecule has 2 aliphatic rings. The molecule has 0 unspecified atom stereocenters. The van der Waals surface area contributed by atoms with Gasteiger partial charge in [-0.2, -0.15) is 0 Å². The first-order valence-corrected chi connectivity index (χ1v) is 20.2. The van der Waals surface area contributed by atoms with Gasteiger partial charge in [0, 0.05) is 53.6 Å². The molecule has 8 N–H and O–H groups in total. The molecular formula is C41H51N7O8S. The number of primary amides is 1. The average molecular weight is 802 g/mol. The zero-order chi connectivity index (χ0) is 41.4. The predicted octanol–water partition coefficient (Wildman–Crippen LogP) is 2.40. The van der Waals surface area contributed by atoms with Crippen LogP contribution in [-0.4, -0.2) is 92.4 Å². The summed E-state index contributed by atoms with van der Waals surface area (Å²) in [7, 11) is 0. The molecule has 6 atom stereocenters. The molecule has 4 bridgehead atoms. The number of fused-ring (bicyclic) bond motifs is 5. The molecule has 0 saturated heterocycles. The van der Waals surface area contributed by atoms with Gasteiger partial charge in [-0.05, 0) is 54.4 Å². The molecule has 2 aromatic carbocycles.